The Morgan fingerprint density at radius 2 is 2.10 bits per heavy atom. The van der Waals surface area contributed by atoms with Crippen LogP contribution >= 0.6 is 11.8 Å². The number of methoxy groups -OCH3 is 1. The number of nitrogen functional groups attached to an aromatic ring is 1. The van der Waals surface area contributed by atoms with Gasteiger partial charge >= 0.3 is 0 Å². The van der Waals surface area contributed by atoms with Crippen LogP contribution in [0.3, 0.4) is 0 Å². The first-order chi connectivity index (χ1) is 14.0. The fraction of sp³-hybridized carbons (Fsp3) is 0.500. The molecule has 0 amide bonds. The maximum Gasteiger partial charge on any atom is 0.243 e. The van der Waals surface area contributed by atoms with Gasteiger partial charge in [-0.1, -0.05) is 6.07 Å². The average molecular weight is 442 g/mol. The smallest absolute Gasteiger partial charge is 0.243 e. The van der Waals surface area contributed by atoms with Crippen molar-refractivity contribution in [2.24, 2.45) is 0 Å². The number of nitrogens with zero attached hydrogens (tertiary/aromatic N) is 3. The van der Waals surface area contributed by atoms with Gasteiger partial charge in [-0.05, 0) is 23.8 Å². The van der Waals surface area contributed by atoms with E-state index in [1.807, 2.05) is 6.07 Å². The van der Waals surface area contributed by atoms with E-state index in [4.69, 9.17) is 15.2 Å². The fourth-order valence-corrected chi connectivity index (χ4v) is 5.31. The summed E-state index contributed by atoms with van der Waals surface area (Å²) in [7, 11) is -1.92. The number of benzene rings is 1. The molecule has 1 aliphatic heterocycles. The highest BCUT2D eigenvalue weighted by Crippen LogP contribution is 2.27. The number of rotatable bonds is 10. The summed E-state index contributed by atoms with van der Waals surface area (Å²) in [5.41, 5.74) is 7.65. The van der Waals surface area contributed by atoms with Crippen molar-refractivity contribution in [2.45, 2.75) is 16.5 Å². The lowest BCUT2D eigenvalue weighted by Gasteiger charge is -2.26. The van der Waals surface area contributed by atoms with Crippen molar-refractivity contribution < 1.29 is 17.9 Å². The number of hydrogen-bond acceptors (Lipinski definition) is 8. The van der Waals surface area contributed by atoms with E-state index < -0.39 is 10.0 Å². The molecule has 0 bridgehead atoms. The first kappa shape index (κ1) is 21.9. The first-order valence-electron chi connectivity index (χ1n) is 9.31. The SMILES string of the molecule is COCCNc1cc(S(=O)(=O)N2CCOCC2)ccc1CSCn1nccc1N. The molecular weight excluding hydrogens is 414 g/mol. The summed E-state index contributed by atoms with van der Waals surface area (Å²) in [6, 6.07) is 6.99. The summed E-state index contributed by atoms with van der Waals surface area (Å²) >= 11 is 1.65. The van der Waals surface area contributed by atoms with E-state index >= 15 is 0 Å². The van der Waals surface area contributed by atoms with E-state index in [1.165, 1.54) is 4.31 Å². The number of ether oxygens (including phenoxy) is 2. The second kappa shape index (κ2) is 10.3. The van der Waals surface area contributed by atoms with E-state index in [2.05, 4.69) is 10.4 Å². The summed E-state index contributed by atoms with van der Waals surface area (Å²) in [6.45, 7) is 2.69. The molecule has 160 valence electrons. The Hall–Kier alpha value is -1.79. The number of nitrogens with one attached hydrogen (secondary N) is 1. The van der Waals surface area contributed by atoms with Crippen molar-refractivity contribution in [3.63, 3.8) is 0 Å². The Morgan fingerprint density at radius 1 is 1.31 bits per heavy atom. The molecule has 1 saturated heterocycles. The summed E-state index contributed by atoms with van der Waals surface area (Å²) < 4.78 is 39.5. The number of anilines is 2. The topological polar surface area (TPSA) is 112 Å². The van der Waals surface area contributed by atoms with Crippen LogP contribution in [0.1, 0.15) is 5.56 Å². The Morgan fingerprint density at radius 3 is 2.79 bits per heavy atom. The van der Waals surface area contributed by atoms with Crippen LogP contribution in [0.5, 0.6) is 0 Å². The molecule has 2 aromatic rings. The highest BCUT2D eigenvalue weighted by molar-refractivity contribution is 7.97. The van der Waals surface area contributed by atoms with Crippen molar-refractivity contribution in [2.75, 3.05) is 57.6 Å². The van der Waals surface area contributed by atoms with Crippen LogP contribution in [-0.2, 0) is 31.1 Å². The minimum atomic E-state index is -3.55. The highest BCUT2D eigenvalue weighted by atomic mass is 32.2. The fourth-order valence-electron chi connectivity index (χ4n) is 2.92. The number of sulfonamides is 1. The van der Waals surface area contributed by atoms with E-state index in [0.717, 1.165) is 11.3 Å². The molecule has 1 fully saturated rings. The van der Waals surface area contributed by atoms with Crippen LogP contribution in [-0.4, -0.2) is 69.1 Å². The lowest BCUT2D eigenvalue weighted by molar-refractivity contribution is 0.0730. The zero-order chi connectivity index (χ0) is 20.7. The van der Waals surface area contributed by atoms with Crippen LogP contribution in [0.25, 0.3) is 0 Å². The monoisotopic (exact) mass is 441 g/mol. The molecule has 0 atom stereocenters. The maximum absolute atomic E-state index is 13.0. The standard InChI is InChI=1S/C18H27N5O4S2/c1-26-9-6-20-17-12-16(29(24,25)22-7-10-27-11-8-22)3-2-15(17)13-28-14-23-18(19)4-5-21-23/h2-5,12,20H,6-11,13-14,19H2,1H3. The lowest BCUT2D eigenvalue weighted by atomic mass is 10.2. The molecule has 1 aromatic heterocycles. The van der Waals surface area contributed by atoms with Crippen LogP contribution in [0.2, 0.25) is 0 Å². The van der Waals surface area contributed by atoms with Crippen molar-refractivity contribution >= 4 is 33.3 Å². The second-order valence-corrected chi connectivity index (χ2v) is 9.38. The van der Waals surface area contributed by atoms with Gasteiger partial charge in [-0.3, -0.25) is 0 Å². The quantitative estimate of drug-likeness (QED) is 0.533. The number of hydrogen-bond donors (Lipinski definition) is 2. The average Bonchev–Trinajstić information content (AvgIpc) is 3.14. The van der Waals surface area contributed by atoms with E-state index in [0.29, 0.717) is 56.9 Å². The lowest BCUT2D eigenvalue weighted by Crippen LogP contribution is -2.40. The van der Waals surface area contributed by atoms with Gasteiger partial charge in [0.2, 0.25) is 10.0 Å². The van der Waals surface area contributed by atoms with Gasteiger partial charge < -0.3 is 20.5 Å². The summed E-state index contributed by atoms with van der Waals surface area (Å²) in [5.74, 6) is 1.92. The van der Waals surface area contributed by atoms with Crippen LogP contribution in [0.4, 0.5) is 11.5 Å². The molecule has 3 N–H and O–H groups in total. The number of aromatic nitrogens is 2. The van der Waals surface area contributed by atoms with E-state index in [9.17, 15) is 8.42 Å². The predicted molar refractivity (Wildman–Crippen MR) is 114 cm³/mol. The number of morpholine rings is 1. The van der Waals surface area contributed by atoms with Gasteiger partial charge in [0.25, 0.3) is 0 Å². The van der Waals surface area contributed by atoms with E-state index in [-0.39, 0.29) is 4.90 Å². The van der Waals surface area contributed by atoms with Crippen LogP contribution in [0.15, 0.2) is 35.4 Å². The molecule has 3 rings (SSSR count). The summed E-state index contributed by atoms with van der Waals surface area (Å²) in [6.07, 6.45) is 1.67. The van der Waals surface area contributed by atoms with Gasteiger partial charge in [0.1, 0.15) is 5.82 Å². The van der Waals surface area contributed by atoms with Gasteiger partial charge in [0.15, 0.2) is 0 Å². The van der Waals surface area contributed by atoms with Gasteiger partial charge in [-0.15, -0.1) is 11.8 Å². The van der Waals surface area contributed by atoms with Crippen molar-refractivity contribution in [1.82, 2.24) is 14.1 Å². The minimum Gasteiger partial charge on any atom is -0.384 e. The third-order valence-corrected chi connectivity index (χ3v) is 7.37. The third kappa shape index (κ3) is 5.64. The van der Waals surface area contributed by atoms with Gasteiger partial charge in [-0.25, -0.2) is 13.1 Å². The molecule has 11 heteroatoms. The molecule has 0 saturated carbocycles. The Bertz CT molecular complexity index is 897. The van der Waals surface area contributed by atoms with Gasteiger partial charge in [0, 0.05) is 38.2 Å². The normalized spacial score (nSPS) is 15.5. The third-order valence-electron chi connectivity index (χ3n) is 4.53. The molecule has 0 spiro atoms. The van der Waals surface area contributed by atoms with Crippen molar-refractivity contribution in [3.8, 4) is 0 Å². The summed E-state index contributed by atoms with van der Waals surface area (Å²) in [4.78, 5) is 0.282. The number of thioether (sulfide) groups is 1. The molecule has 0 unspecified atom stereocenters. The zero-order valence-electron chi connectivity index (χ0n) is 16.4. The highest BCUT2D eigenvalue weighted by Gasteiger charge is 2.27. The Balaban J connectivity index is 1.75. The minimum absolute atomic E-state index is 0.282. The molecule has 1 aromatic carbocycles. The molecule has 9 nitrogen and oxygen atoms in total. The Labute approximate surface area is 175 Å². The van der Waals surface area contributed by atoms with Crippen LogP contribution < -0.4 is 11.1 Å². The molecule has 0 radical (unpaired) electrons. The van der Waals surface area contributed by atoms with E-state index in [1.54, 1.807) is 47.9 Å². The first-order valence-corrected chi connectivity index (χ1v) is 11.9. The molecule has 29 heavy (non-hydrogen) atoms. The number of nitrogens with two attached hydrogens (primary N) is 1. The van der Waals surface area contributed by atoms with Gasteiger partial charge in [0.05, 0.1) is 36.8 Å². The second-order valence-electron chi connectivity index (χ2n) is 6.49. The largest absolute Gasteiger partial charge is 0.384 e. The molecule has 1 aliphatic rings. The van der Waals surface area contributed by atoms with Gasteiger partial charge in [-0.2, -0.15) is 9.40 Å². The Kier molecular flexibility index (Phi) is 7.78. The van der Waals surface area contributed by atoms with Crippen molar-refractivity contribution in [3.05, 3.63) is 36.0 Å². The van der Waals surface area contributed by atoms with Crippen LogP contribution in [0, 0.1) is 0 Å². The zero-order valence-corrected chi connectivity index (χ0v) is 18.0. The maximum atomic E-state index is 13.0. The molecule has 2 heterocycles. The predicted octanol–water partition coefficient (Wildman–Crippen LogP) is 1.44. The molecular formula is C18H27N5O4S2. The van der Waals surface area contributed by atoms with Crippen molar-refractivity contribution in [1.29, 1.82) is 0 Å². The molecule has 0 aliphatic carbocycles. The summed E-state index contributed by atoms with van der Waals surface area (Å²) in [5, 5.41) is 7.46.